The van der Waals surface area contributed by atoms with Crippen LogP contribution < -0.4 is 14.8 Å². The number of ether oxygens (including phenoxy) is 1. The lowest BCUT2D eigenvalue weighted by atomic mass is 9.99. The molecule has 2 aliphatic heterocycles. The first-order chi connectivity index (χ1) is 17.6. The predicted molar refractivity (Wildman–Crippen MR) is 141 cm³/mol. The van der Waals surface area contributed by atoms with E-state index >= 15 is 0 Å². The second-order valence-electron chi connectivity index (χ2n) is 9.93. The Hall–Kier alpha value is -3.50. The van der Waals surface area contributed by atoms with E-state index in [0.29, 0.717) is 24.7 Å². The Balaban J connectivity index is 1.65. The van der Waals surface area contributed by atoms with Crippen molar-refractivity contribution in [2.24, 2.45) is 0 Å². The van der Waals surface area contributed by atoms with Crippen LogP contribution in [-0.2, 0) is 10.0 Å². The molecule has 1 amide bonds. The maximum Gasteiger partial charge on any atom is 0.264 e. The molecule has 1 fully saturated rings. The van der Waals surface area contributed by atoms with E-state index in [2.05, 4.69) is 38.8 Å². The minimum absolute atomic E-state index is 0.0491. The van der Waals surface area contributed by atoms with Gasteiger partial charge in [-0.1, -0.05) is 24.3 Å². The van der Waals surface area contributed by atoms with Crippen molar-refractivity contribution in [3.8, 4) is 17.1 Å². The van der Waals surface area contributed by atoms with Crippen LogP contribution >= 0.6 is 0 Å². The Morgan fingerprint density at radius 1 is 1.05 bits per heavy atom. The normalized spacial score (nSPS) is 21.4. The number of carbonyl (C=O) groups is 1. The third-order valence-electron chi connectivity index (χ3n) is 6.97. The molecule has 3 heterocycles. The molecule has 2 atom stereocenters. The van der Waals surface area contributed by atoms with Crippen LogP contribution in [0.4, 0.5) is 5.95 Å². The molecular formula is C27H31N5O4S. The van der Waals surface area contributed by atoms with E-state index in [1.54, 1.807) is 18.2 Å². The van der Waals surface area contributed by atoms with Crippen LogP contribution in [0.5, 0.6) is 5.88 Å². The lowest BCUT2D eigenvalue weighted by molar-refractivity contribution is 0.0442. The van der Waals surface area contributed by atoms with E-state index in [1.165, 1.54) is 12.1 Å². The van der Waals surface area contributed by atoms with Crippen molar-refractivity contribution in [2.45, 2.75) is 57.2 Å². The lowest BCUT2D eigenvalue weighted by Gasteiger charge is -2.40. The molecule has 37 heavy (non-hydrogen) atoms. The summed E-state index contributed by atoms with van der Waals surface area (Å²) in [6.07, 6.45) is 0.320. The number of likely N-dealkylation sites (tertiary alicyclic amines) is 1. The molecule has 0 unspecified atom stereocenters. The molecule has 0 radical (unpaired) electrons. The molecule has 1 aromatic heterocycles. The molecule has 0 aliphatic carbocycles. The average Bonchev–Trinajstić information content (AvgIpc) is 2.84. The van der Waals surface area contributed by atoms with Crippen LogP contribution in [0.2, 0.25) is 0 Å². The van der Waals surface area contributed by atoms with E-state index in [9.17, 15) is 13.2 Å². The number of hydrogen-bond donors (Lipinski definition) is 2. The van der Waals surface area contributed by atoms with Gasteiger partial charge in [0.15, 0.2) is 0 Å². The van der Waals surface area contributed by atoms with Gasteiger partial charge >= 0.3 is 0 Å². The van der Waals surface area contributed by atoms with Crippen LogP contribution in [0.15, 0.2) is 53.4 Å². The Bertz CT molecular complexity index is 1440. The number of carbonyl (C=O) groups excluding carboxylic acids is 1. The summed E-state index contributed by atoms with van der Waals surface area (Å²) in [5.74, 6) is -0.191. The number of rotatable bonds is 2. The number of nitrogens with zero attached hydrogens (tertiary/aromatic N) is 3. The highest BCUT2D eigenvalue weighted by atomic mass is 32.2. The Morgan fingerprint density at radius 2 is 1.78 bits per heavy atom. The highest BCUT2D eigenvalue weighted by Crippen LogP contribution is 2.31. The van der Waals surface area contributed by atoms with E-state index in [-0.39, 0.29) is 40.3 Å². The molecule has 9 nitrogen and oxygen atoms in total. The van der Waals surface area contributed by atoms with Crippen molar-refractivity contribution >= 4 is 21.9 Å². The molecule has 2 aromatic carbocycles. The second-order valence-corrected chi connectivity index (χ2v) is 11.6. The number of anilines is 1. The minimum atomic E-state index is -4.07. The van der Waals surface area contributed by atoms with Crippen LogP contribution in [0.1, 0.15) is 41.8 Å². The van der Waals surface area contributed by atoms with Gasteiger partial charge in [0.05, 0.1) is 16.6 Å². The zero-order chi connectivity index (χ0) is 26.3. The molecule has 3 aromatic rings. The smallest absolute Gasteiger partial charge is 0.264 e. The fourth-order valence-electron chi connectivity index (χ4n) is 4.97. The van der Waals surface area contributed by atoms with Gasteiger partial charge in [0, 0.05) is 36.3 Å². The zero-order valence-electron chi connectivity index (χ0n) is 21.4. The highest BCUT2D eigenvalue weighted by Gasteiger charge is 2.34. The van der Waals surface area contributed by atoms with Crippen molar-refractivity contribution in [1.82, 2.24) is 20.2 Å². The molecule has 194 valence electrons. The number of fused-ring (bicyclic) bond motifs is 5. The van der Waals surface area contributed by atoms with E-state index < -0.39 is 10.0 Å². The van der Waals surface area contributed by atoms with E-state index in [4.69, 9.17) is 4.74 Å². The summed E-state index contributed by atoms with van der Waals surface area (Å²) >= 11 is 0. The average molecular weight is 522 g/mol. The van der Waals surface area contributed by atoms with Crippen LogP contribution in [0.25, 0.3) is 11.3 Å². The van der Waals surface area contributed by atoms with Gasteiger partial charge in [0.25, 0.3) is 15.9 Å². The van der Waals surface area contributed by atoms with Gasteiger partial charge < -0.3 is 10.1 Å². The first-order valence-corrected chi connectivity index (χ1v) is 13.9. The van der Waals surface area contributed by atoms with Crippen molar-refractivity contribution in [1.29, 1.82) is 0 Å². The van der Waals surface area contributed by atoms with Crippen LogP contribution in [0.3, 0.4) is 0 Å². The molecule has 2 aliphatic rings. The standard InChI is InChI=1S/C27H31N5O4S/c1-16(2)32-12-11-23-22(15-32)28-26(33)19-9-6-10-20(13-19)37(34,35)31-27-29-21(14-24(30-27)36-23)25-17(3)7-5-8-18(25)4/h5-10,13-14,16,22-23H,11-12,15H2,1-4H3,(H,28,33)(H,29,30,31)/t22-,23-/m1/s1. The van der Waals surface area contributed by atoms with Gasteiger partial charge in [-0.25, -0.2) is 18.1 Å². The maximum atomic E-state index is 13.3. The summed E-state index contributed by atoms with van der Waals surface area (Å²) in [7, 11) is -4.07. The monoisotopic (exact) mass is 521 g/mol. The largest absolute Gasteiger partial charge is 0.472 e. The third kappa shape index (κ3) is 5.17. The lowest BCUT2D eigenvalue weighted by Crippen LogP contribution is -2.58. The van der Waals surface area contributed by atoms with Gasteiger partial charge in [-0.2, -0.15) is 4.98 Å². The number of hydrogen-bond acceptors (Lipinski definition) is 7. The summed E-state index contributed by atoms with van der Waals surface area (Å²) < 4.78 is 35.4. The molecular weight excluding hydrogens is 490 g/mol. The van der Waals surface area contributed by atoms with Crippen molar-refractivity contribution in [3.63, 3.8) is 0 Å². The number of nitrogens with one attached hydrogen (secondary N) is 2. The number of aryl methyl sites for hydroxylation is 2. The molecule has 5 rings (SSSR count). The fraction of sp³-hybridized carbons (Fsp3) is 0.370. The van der Waals surface area contributed by atoms with Gasteiger partial charge in [-0.15, -0.1) is 0 Å². The number of aromatic nitrogens is 2. The van der Waals surface area contributed by atoms with E-state index in [0.717, 1.165) is 23.2 Å². The molecule has 1 saturated heterocycles. The predicted octanol–water partition coefficient (Wildman–Crippen LogP) is 3.53. The van der Waals surface area contributed by atoms with E-state index in [1.807, 2.05) is 32.0 Å². The van der Waals surface area contributed by atoms with Gasteiger partial charge in [0.1, 0.15) is 6.10 Å². The molecule has 2 N–H and O–H groups in total. The molecule has 10 heteroatoms. The number of benzene rings is 2. The molecule has 4 bridgehead atoms. The Morgan fingerprint density at radius 3 is 2.51 bits per heavy atom. The van der Waals surface area contributed by atoms with Crippen molar-refractivity contribution in [3.05, 3.63) is 65.2 Å². The summed E-state index contributed by atoms with van der Waals surface area (Å²) in [5.41, 5.74) is 3.70. The quantitative estimate of drug-likeness (QED) is 0.530. The number of sulfonamides is 1. The summed E-state index contributed by atoms with van der Waals surface area (Å²) in [6, 6.07) is 13.6. The van der Waals surface area contributed by atoms with Gasteiger partial charge in [-0.05, 0) is 63.4 Å². The topological polar surface area (TPSA) is 114 Å². The van der Waals surface area contributed by atoms with Crippen LogP contribution in [-0.4, -0.2) is 60.5 Å². The maximum absolute atomic E-state index is 13.3. The SMILES string of the molecule is Cc1cccc(C)c1-c1cc2nc(n1)NS(=O)(=O)c1cccc(c1)C(=O)N[C@@H]1CN(C(C)C)CC[C@H]1O2. The molecule has 0 saturated carbocycles. The van der Waals surface area contributed by atoms with Crippen molar-refractivity contribution < 1.29 is 17.9 Å². The highest BCUT2D eigenvalue weighted by molar-refractivity contribution is 7.92. The van der Waals surface area contributed by atoms with Crippen molar-refractivity contribution in [2.75, 3.05) is 17.8 Å². The number of amides is 1. The first kappa shape index (κ1) is 25.2. The summed E-state index contributed by atoms with van der Waals surface area (Å²) in [5, 5.41) is 3.09. The summed E-state index contributed by atoms with van der Waals surface area (Å²) in [4.78, 5) is 24.4. The summed E-state index contributed by atoms with van der Waals surface area (Å²) in [6.45, 7) is 9.61. The number of piperidine rings is 1. The fourth-order valence-corrected chi connectivity index (χ4v) is 5.96. The first-order valence-electron chi connectivity index (χ1n) is 12.4. The molecule has 0 spiro atoms. The second kappa shape index (κ2) is 9.75. The van der Waals surface area contributed by atoms with Gasteiger partial charge in [0.2, 0.25) is 11.8 Å². The Labute approximate surface area is 217 Å². The third-order valence-corrected chi connectivity index (χ3v) is 8.30. The zero-order valence-corrected chi connectivity index (χ0v) is 22.2. The van der Waals surface area contributed by atoms with Gasteiger partial charge in [-0.3, -0.25) is 9.69 Å². The van der Waals surface area contributed by atoms with Crippen LogP contribution in [0, 0.1) is 13.8 Å². The Kier molecular flexibility index (Phi) is 6.63. The minimum Gasteiger partial charge on any atom is -0.472 e.